The van der Waals surface area contributed by atoms with Gasteiger partial charge in [-0.05, 0) is 18.3 Å². The van der Waals surface area contributed by atoms with E-state index in [0.717, 1.165) is 12.8 Å². The fourth-order valence-electron chi connectivity index (χ4n) is 0.976. The number of hydrogen-bond donors (Lipinski definition) is 0. The van der Waals surface area contributed by atoms with Crippen LogP contribution in [0.2, 0.25) is 0 Å². The van der Waals surface area contributed by atoms with Crippen molar-refractivity contribution in [2.75, 3.05) is 0 Å². The number of allylic oxidation sites excluding steroid dienone is 2. The van der Waals surface area contributed by atoms with Crippen molar-refractivity contribution >= 4 is 0 Å². The highest BCUT2D eigenvalue weighted by Gasteiger charge is 2.10. The minimum Gasteiger partial charge on any atom is -0.0883 e. The van der Waals surface area contributed by atoms with Crippen LogP contribution in [0, 0.1) is 12.3 Å². The maximum atomic E-state index is 3.85. The predicted octanol–water partition coefficient (Wildman–Crippen LogP) is 3.59. The molecule has 0 aliphatic rings. The van der Waals surface area contributed by atoms with Gasteiger partial charge in [-0.3, -0.25) is 0 Å². The first-order valence-corrected chi connectivity index (χ1v) is 4.09. The molecule has 0 saturated heterocycles. The zero-order valence-electron chi connectivity index (χ0n) is 7.48. The van der Waals surface area contributed by atoms with Gasteiger partial charge in [-0.1, -0.05) is 46.3 Å². The minimum atomic E-state index is 0.359. The van der Waals surface area contributed by atoms with Gasteiger partial charge in [0.15, 0.2) is 0 Å². The highest BCUT2D eigenvalue weighted by molar-refractivity contribution is 4.93. The van der Waals surface area contributed by atoms with Gasteiger partial charge in [-0.15, -0.1) is 0 Å². The van der Waals surface area contributed by atoms with Crippen LogP contribution < -0.4 is 0 Å². The van der Waals surface area contributed by atoms with E-state index in [1.165, 1.54) is 6.42 Å². The van der Waals surface area contributed by atoms with Crippen LogP contribution in [-0.4, -0.2) is 0 Å². The molecule has 0 atom stereocenters. The summed E-state index contributed by atoms with van der Waals surface area (Å²) in [6.45, 7) is 10.5. The molecule has 0 heterocycles. The first kappa shape index (κ1) is 9.74. The number of rotatable bonds is 4. The summed E-state index contributed by atoms with van der Waals surface area (Å²) in [5.41, 5.74) is 0.359. The third-order valence-electron chi connectivity index (χ3n) is 1.63. The summed E-state index contributed by atoms with van der Waals surface area (Å²) in [5, 5.41) is 0. The van der Waals surface area contributed by atoms with Gasteiger partial charge < -0.3 is 0 Å². The van der Waals surface area contributed by atoms with Crippen LogP contribution >= 0.6 is 0 Å². The highest BCUT2D eigenvalue weighted by Crippen LogP contribution is 2.23. The minimum absolute atomic E-state index is 0.359. The predicted molar refractivity (Wildman–Crippen MR) is 47.8 cm³/mol. The van der Waals surface area contributed by atoms with Crippen molar-refractivity contribution in [2.45, 2.75) is 40.0 Å². The van der Waals surface area contributed by atoms with E-state index in [1.54, 1.807) is 0 Å². The van der Waals surface area contributed by atoms with Crippen molar-refractivity contribution in [3.8, 4) is 0 Å². The molecular formula is C10H19. The molecular weight excluding hydrogens is 120 g/mol. The Morgan fingerprint density at radius 2 is 2.00 bits per heavy atom. The molecule has 0 aromatic rings. The second kappa shape index (κ2) is 4.54. The Bertz CT molecular complexity index is 98.6. The van der Waals surface area contributed by atoms with Gasteiger partial charge in [0, 0.05) is 0 Å². The van der Waals surface area contributed by atoms with E-state index in [0.29, 0.717) is 5.41 Å². The first-order chi connectivity index (χ1) is 4.62. The van der Waals surface area contributed by atoms with Crippen LogP contribution in [0.5, 0.6) is 0 Å². The van der Waals surface area contributed by atoms with Crippen molar-refractivity contribution in [2.24, 2.45) is 5.41 Å². The van der Waals surface area contributed by atoms with Crippen LogP contribution in [0.3, 0.4) is 0 Å². The molecule has 10 heavy (non-hydrogen) atoms. The molecule has 0 rings (SSSR count). The monoisotopic (exact) mass is 139 g/mol. The average molecular weight is 139 g/mol. The van der Waals surface area contributed by atoms with E-state index in [9.17, 15) is 0 Å². The molecule has 1 radical (unpaired) electrons. The second-order valence-electron chi connectivity index (χ2n) is 3.40. The Morgan fingerprint density at radius 1 is 1.40 bits per heavy atom. The van der Waals surface area contributed by atoms with Gasteiger partial charge in [0.25, 0.3) is 0 Å². The van der Waals surface area contributed by atoms with Gasteiger partial charge in [0.2, 0.25) is 0 Å². The normalized spacial score (nSPS) is 12.8. The lowest BCUT2D eigenvalue weighted by Crippen LogP contribution is -2.05. The molecule has 0 aromatic heterocycles. The molecule has 0 bridgehead atoms. The molecule has 0 N–H and O–H groups in total. The topological polar surface area (TPSA) is 0 Å². The fraction of sp³-hybridized carbons (Fsp3) is 0.700. The molecule has 0 unspecified atom stereocenters. The Balaban J connectivity index is 3.73. The molecule has 0 saturated carbocycles. The smallest absolute Gasteiger partial charge is 0.0175 e. The summed E-state index contributed by atoms with van der Waals surface area (Å²) in [6, 6.07) is 0. The summed E-state index contributed by atoms with van der Waals surface area (Å²) in [4.78, 5) is 0. The summed E-state index contributed by atoms with van der Waals surface area (Å²) in [7, 11) is 0. The largest absolute Gasteiger partial charge is 0.0883 e. The fourth-order valence-corrected chi connectivity index (χ4v) is 0.976. The summed E-state index contributed by atoms with van der Waals surface area (Å²) < 4.78 is 0. The zero-order valence-corrected chi connectivity index (χ0v) is 7.48. The van der Waals surface area contributed by atoms with E-state index < -0.39 is 0 Å². The second-order valence-corrected chi connectivity index (χ2v) is 3.40. The lowest BCUT2D eigenvalue weighted by molar-refractivity contribution is 0.440. The van der Waals surface area contributed by atoms with Crippen molar-refractivity contribution < 1.29 is 0 Å². The van der Waals surface area contributed by atoms with Gasteiger partial charge in [-0.2, -0.15) is 0 Å². The van der Waals surface area contributed by atoms with Gasteiger partial charge in [0.05, 0.1) is 0 Å². The average Bonchev–Trinajstić information content (AvgIpc) is 1.84. The molecule has 0 heteroatoms. The Kier molecular flexibility index (Phi) is 4.42. The van der Waals surface area contributed by atoms with Crippen LogP contribution in [0.15, 0.2) is 12.2 Å². The van der Waals surface area contributed by atoms with Crippen molar-refractivity contribution in [3.63, 3.8) is 0 Å². The van der Waals surface area contributed by atoms with Crippen LogP contribution in [0.25, 0.3) is 0 Å². The van der Waals surface area contributed by atoms with Gasteiger partial charge in [-0.25, -0.2) is 0 Å². The Labute approximate surface area is 65.3 Å². The van der Waals surface area contributed by atoms with E-state index in [2.05, 4.69) is 39.8 Å². The van der Waals surface area contributed by atoms with E-state index in [4.69, 9.17) is 0 Å². The molecule has 0 nitrogen and oxygen atoms in total. The lowest BCUT2D eigenvalue weighted by atomic mass is 9.87. The van der Waals surface area contributed by atoms with Crippen LogP contribution in [-0.2, 0) is 0 Å². The van der Waals surface area contributed by atoms with E-state index in [1.807, 2.05) is 0 Å². The lowest BCUT2D eigenvalue weighted by Gasteiger charge is -2.18. The molecule has 0 amide bonds. The summed E-state index contributed by atoms with van der Waals surface area (Å²) in [5.74, 6) is 0. The zero-order chi connectivity index (χ0) is 8.04. The van der Waals surface area contributed by atoms with E-state index in [-0.39, 0.29) is 0 Å². The molecule has 0 fully saturated rings. The molecule has 0 aromatic carbocycles. The molecule has 59 valence electrons. The molecule has 0 aliphatic carbocycles. The van der Waals surface area contributed by atoms with Crippen molar-refractivity contribution in [1.82, 2.24) is 0 Å². The summed E-state index contributed by atoms with van der Waals surface area (Å²) in [6.07, 6.45) is 7.87. The first-order valence-electron chi connectivity index (χ1n) is 4.09. The number of hydrogen-bond acceptors (Lipinski definition) is 0. The van der Waals surface area contributed by atoms with Gasteiger partial charge in [0.1, 0.15) is 0 Å². The van der Waals surface area contributed by atoms with Crippen molar-refractivity contribution in [3.05, 3.63) is 19.1 Å². The highest BCUT2D eigenvalue weighted by atomic mass is 14.2. The van der Waals surface area contributed by atoms with Crippen LogP contribution in [0.4, 0.5) is 0 Å². The Morgan fingerprint density at radius 3 is 2.40 bits per heavy atom. The van der Waals surface area contributed by atoms with Crippen LogP contribution in [0.1, 0.15) is 40.0 Å². The van der Waals surface area contributed by atoms with Crippen molar-refractivity contribution in [1.29, 1.82) is 0 Å². The quantitative estimate of drug-likeness (QED) is 0.522. The maximum absolute atomic E-state index is 3.85. The standard InChI is InChI=1S/C10H19/c1-5-7-9-10(3,4)8-6-2/h7,9H,2,5-6,8H2,1,3-4H3. The molecule has 0 aliphatic heterocycles. The summed E-state index contributed by atoms with van der Waals surface area (Å²) >= 11 is 0. The maximum Gasteiger partial charge on any atom is -0.0175 e. The SMILES string of the molecule is [CH2]CCC(C)(C)C=CCC. The Hall–Kier alpha value is -0.260. The van der Waals surface area contributed by atoms with Gasteiger partial charge >= 0.3 is 0 Å². The third-order valence-corrected chi connectivity index (χ3v) is 1.63. The third kappa shape index (κ3) is 4.60. The molecule has 0 spiro atoms. The van der Waals surface area contributed by atoms with E-state index >= 15 is 0 Å².